The Morgan fingerprint density at radius 1 is 1.33 bits per heavy atom. The molecule has 0 radical (unpaired) electrons. The van der Waals surface area contributed by atoms with Gasteiger partial charge >= 0.3 is 0 Å². The van der Waals surface area contributed by atoms with Gasteiger partial charge in [0.15, 0.2) is 11.5 Å². The lowest BCUT2D eigenvalue weighted by molar-refractivity contribution is 0.354. The van der Waals surface area contributed by atoms with Crippen LogP contribution < -0.4 is 14.8 Å². The molecule has 0 spiro atoms. The first-order valence-corrected chi connectivity index (χ1v) is 7.60. The maximum Gasteiger partial charge on any atom is 0.179 e. The van der Waals surface area contributed by atoms with Crippen LogP contribution in [-0.4, -0.2) is 37.0 Å². The van der Waals surface area contributed by atoms with Gasteiger partial charge in [-0.25, -0.2) is 0 Å². The molecule has 0 bridgehead atoms. The summed E-state index contributed by atoms with van der Waals surface area (Å²) in [6.45, 7) is 1.35. The van der Waals surface area contributed by atoms with E-state index in [9.17, 15) is 4.21 Å². The van der Waals surface area contributed by atoms with E-state index in [1.807, 2.05) is 12.1 Å². The molecule has 0 aromatic heterocycles. The molecular formula is C12H18ClNO3S. The normalized spacial score (nSPS) is 12.2. The van der Waals surface area contributed by atoms with Crippen LogP contribution in [0.1, 0.15) is 5.56 Å². The van der Waals surface area contributed by atoms with Crippen LogP contribution in [0.2, 0.25) is 5.02 Å². The summed E-state index contributed by atoms with van der Waals surface area (Å²) < 4.78 is 21.3. The summed E-state index contributed by atoms with van der Waals surface area (Å²) in [6.07, 6.45) is 1.69. The van der Waals surface area contributed by atoms with Gasteiger partial charge in [0.25, 0.3) is 0 Å². The smallest absolute Gasteiger partial charge is 0.179 e. The highest BCUT2D eigenvalue weighted by Gasteiger charge is 2.10. The Morgan fingerprint density at radius 2 is 2.06 bits per heavy atom. The van der Waals surface area contributed by atoms with Gasteiger partial charge in [0.2, 0.25) is 0 Å². The largest absolute Gasteiger partial charge is 0.493 e. The monoisotopic (exact) mass is 291 g/mol. The third kappa shape index (κ3) is 4.48. The van der Waals surface area contributed by atoms with Crippen LogP contribution in [-0.2, 0) is 17.3 Å². The number of benzene rings is 1. The van der Waals surface area contributed by atoms with Gasteiger partial charge in [-0.2, -0.15) is 0 Å². The van der Waals surface area contributed by atoms with Gasteiger partial charge < -0.3 is 14.8 Å². The van der Waals surface area contributed by atoms with Crippen molar-refractivity contribution in [2.24, 2.45) is 0 Å². The van der Waals surface area contributed by atoms with Crippen molar-refractivity contribution in [2.45, 2.75) is 6.54 Å². The van der Waals surface area contributed by atoms with Crippen molar-refractivity contribution in [3.05, 3.63) is 22.7 Å². The van der Waals surface area contributed by atoms with Crippen LogP contribution >= 0.6 is 11.6 Å². The minimum Gasteiger partial charge on any atom is -0.493 e. The molecule has 18 heavy (non-hydrogen) atoms. The maximum absolute atomic E-state index is 10.9. The first kappa shape index (κ1) is 15.3. The van der Waals surface area contributed by atoms with Crippen molar-refractivity contribution in [3.8, 4) is 11.5 Å². The quantitative estimate of drug-likeness (QED) is 0.779. The maximum atomic E-state index is 10.9. The molecule has 0 amide bonds. The van der Waals surface area contributed by atoms with Gasteiger partial charge in [-0.3, -0.25) is 4.21 Å². The Balaban J connectivity index is 2.67. The molecule has 1 unspecified atom stereocenters. The second-order valence-corrected chi connectivity index (χ2v) is 5.73. The molecule has 0 saturated heterocycles. The highest BCUT2D eigenvalue weighted by molar-refractivity contribution is 7.84. The Labute approximate surface area is 115 Å². The second kappa shape index (κ2) is 7.61. The minimum absolute atomic E-state index is 0.521. The van der Waals surface area contributed by atoms with Crippen molar-refractivity contribution >= 4 is 22.4 Å². The molecule has 1 N–H and O–H groups in total. The van der Waals surface area contributed by atoms with Crippen molar-refractivity contribution < 1.29 is 13.7 Å². The van der Waals surface area contributed by atoms with E-state index >= 15 is 0 Å². The molecule has 1 rings (SSSR count). The molecule has 1 aromatic carbocycles. The van der Waals surface area contributed by atoms with E-state index in [1.165, 1.54) is 0 Å². The molecule has 0 fully saturated rings. The van der Waals surface area contributed by atoms with E-state index in [1.54, 1.807) is 20.5 Å². The molecule has 6 heteroatoms. The summed E-state index contributed by atoms with van der Waals surface area (Å²) in [4.78, 5) is 0. The number of halogens is 1. The van der Waals surface area contributed by atoms with E-state index in [2.05, 4.69) is 5.32 Å². The van der Waals surface area contributed by atoms with E-state index in [0.29, 0.717) is 35.4 Å². The van der Waals surface area contributed by atoms with Crippen molar-refractivity contribution in [3.63, 3.8) is 0 Å². The fourth-order valence-corrected chi connectivity index (χ4v) is 2.26. The number of methoxy groups -OCH3 is 2. The molecule has 1 atom stereocenters. The topological polar surface area (TPSA) is 47.6 Å². The molecule has 0 saturated carbocycles. The van der Waals surface area contributed by atoms with Crippen LogP contribution in [0.25, 0.3) is 0 Å². The van der Waals surface area contributed by atoms with E-state index in [4.69, 9.17) is 21.1 Å². The van der Waals surface area contributed by atoms with Crippen LogP contribution in [0.15, 0.2) is 12.1 Å². The lowest BCUT2D eigenvalue weighted by Crippen LogP contribution is -2.19. The average molecular weight is 292 g/mol. The minimum atomic E-state index is -0.772. The predicted molar refractivity (Wildman–Crippen MR) is 75.2 cm³/mol. The summed E-state index contributed by atoms with van der Waals surface area (Å²) in [5.74, 6) is 1.79. The molecule has 0 aliphatic rings. The van der Waals surface area contributed by atoms with Crippen molar-refractivity contribution in [1.29, 1.82) is 0 Å². The van der Waals surface area contributed by atoms with Gasteiger partial charge in [-0.1, -0.05) is 11.6 Å². The summed E-state index contributed by atoms with van der Waals surface area (Å²) in [6, 6.07) is 3.71. The Hall–Kier alpha value is -0.780. The van der Waals surface area contributed by atoms with Crippen LogP contribution in [0.5, 0.6) is 11.5 Å². The lowest BCUT2D eigenvalue weighted by Gasteiger charge is -2.12. The van der Waals surface area contributed by atoms with Gasteiger partial charge in [0, 0.05) is 35.9 Å². The zero-order valence-corrected chi connectivity index (χ0v) is 12.4. The summed E-state index contributed by atoms with van der Waals surface area (Å²) >= 11 is 6.10. The molecule has 0 aliphatic heterocycles. The van der Waals surface area contributed by atoms with Gasteiger partial charge in [0.05, 0.1) is 19.2 Å². The van der Waals surface area contributed by atoms with E-state index in [0.717, 1.165) is 5.56 Å². The van der Waals surface area contributed by atoms with Crippen LogP contribution in [0.4, 0.5) is 0 Å². The molecule has 0 heterocycles. The fourth-order valence-electron chi connectivity index (χ4n) is 1.52. The molecule has 1 aromatic rings. The number of nitrogens with one attached hydrogen (secondary N) is 1. The summed E-state index contributed by atoms with van der Waals surface area (Å²) in [7, 11) is 2.36. The molecule has 0 aliphatic carbocycles. The average Bonchev–Trinajstić information content (AvgIpc) is 2.33. The standard InChI is InChI=1S/C12H18ClNO3S/c1-16-11-7-9(6-10(13)12(11)17-2)8-14-4-5-18(3)15/h6-7,14H,4-5,8H2,1-3H3. The predicted octanol–water partition coefficient (Wildman–Crippen LogP) is 1.83. The number of hydrogen-bond donors (Lipinski definition) is 1. The van der Waals surface area contributed by atoms with Gasteiger partial charge in [-0.05, 0) is 17.7 Å². The first-order valence-electron chi connectivity index (χ1n) is 5.49. The Morgan fingerprint density at radius 3 is 2.61 bits per heavy atom. The van der Waals surface area contributed by atoms with Crippen LogP contribution in [0.3, 0.4) is 0 Å². The second-order valence-electron chi connectivity index (χ2n) is 3.77. The third-order valence-corrected chi connectivity index (χ3v) is 3.45. The summed E-state index contributed by atoms with van der Waals surface area (Å²) in [5, 5.41) is 3.72. The zero-order valence-electron chi connectivity index (χ0n) is 10.8. The number of hydrogen-bond acceptors (Lipinski definition) is 4. The third-order valence-electron chi connectivity index (χ3n) is 2.39. The zero-order chi connectivity index (χ0) is 13.5. The highest BCUT2D eigenvalue weighted by atomic mass is 35.5. The molecule has 102 valence electrons. The fraction of sp³-hybridized carbons (Fsp3) is 0.500. The Bertz CT molecular complexity index is 426. The van der Waals surface area contributed by atoms with Crippen molar-refractivity contribution in [2.75, 3.05) is 32.8 Å². The number of rotatable bonds is 7. The Kier molecular flexibility index (Phi) is 6.46. The molecule has 4 nitrogen and oxygen atoms in total. The SMILES string of the molecule is COc1cc(CNCCS(C)=O)cc(Cl)c1OC. The van der Waals surface area contributed by atoms with E-state index < -0.39 is 10.8 Å². The van der Waals surface area contributed by atoms with Crippen molar-refractivity contribution in [1.82, 2.24) is 5.32 Å². The number of ether oxygens (including phenoxy) is 2. The lowest BCUT2D eigenvalue weighted by atomic mass is 10.2. The van der Waals surface area contributed by atoms with E-state index in [-0.39, 0.29) is 0 Å². The first-order chi connectivity index (χ1) is 8.58. The van der Waals surface area contributed by atoms with Gasteiger partial charge in [0.1, 0.15) is 0 Å². The van der Waals surface area contributed by atoms with Gasteiger partial charge in [-0.15, -0.1) is 0 Å². The highest BCUT2D eigenvalue weighted by Crippen LogP contribution is 2.35. The molecular weight excluding hydrogens is 274 g/mol. The van der Waals surface area contributed by atoms with Crippen LogP contribution in [0, 0.1) is 0 Å². The summed E-state index contributed by atoms with van der Waals surface area (Å²) in [5.41, 5.74) is 1.000.